The van der Waals surface area contributed by atoms with E-state index in [1.54, 1.807) is 17.0 Å². The first kappa shape index (κ1) is 16.3. The molecule has 1 amide bonds. The number of carbonyl (C=O) groups is 2. The molecule has 0 spiro atoms. The lowest BCUT2D eigenvalue weighted by atomic mass is 9.78. The summed E-state index contributed by atoms with van der Waals surface area (Å²) < 4.78 is 5.58. The molecular weight excluding hydrogens is 282 g/mol. The Balaban J connectivity index is 2.16. The third-order valence-corrected chi connectivity index (χ3v) is 4.26. The largest absolute Gasteiger partial charge is 0.507 e. The van der Waals surface area contributed by atoms with Gasteiger partial charge in [0.1, 0.15) is 17.4 Å². The van der Waals surface area contributed by atoms with E-state index in [4.69, 9.17) is 4.74 Å². The molecule has 1 aromatic carbocycles. The predicted molar refractivity (Wildman–Crippen MR) is 82.6 cm³/mol. The van der Waals surface area contributed by atoms with Crippen molar-refractivity contribution < 1.29 is 19.4 Å². The number of phenols is 1. The van der Waals surface area contributed by atoms with Crippen molar-refractivity contribution in [3.05, 3.63) is 29.8 Å². The molecule has 1 aliphatic rings. The molecule has 0 aromatic heterocycles. The van der Waals surface area contributed by atoms with Gasteiger partial charge in [0.25, 0.3) is 0 Å². The SMILES string of the molecule is CC1(C)CC(OC(=O)c2ccccc2O)CC(C)(C)N1C=O. The number of rotatable bonds is 3. The van der Waals surface area contributed by atoms with Gasteiger partial charge in [-0.2, -0.15) is 0 Å². The monoisotopic (exact) mass is 305 g/mol. The van der Waals surface area contributed by atoms with Crippen molar-refractivity contribution in [2.24, 2.45) is 0 Å². The standard InChI is InChI=1S/C17H23NO4/c1-16(2)9-12(10-17(3,4)18(16)11-19)22-15(21)13-7-5-6-8-14(13)20/h5-8,11-12,20H,9-10H2,1-4H3. The Morgan fingerprint density at radius 1 is 1.23 bits per heavy atom. The van der Waals surface area contributed by atoms with Crippen molar-refractivity contribution in [3.8, 4) is 5.75 Å². The Morgan fingerprint density at radius 2 is 1.77 bits per heavy atom. The summed E-state index contributed by atoms with van der Waals surface area (Å²) in [4.78, 5) is 25.4. The molecule has 1 aliphatic heterocycles. The Bertz CT molecular complexity index is 562. The van der Waals surface area contributed by atoms with Crippen LogP contribution >= 0.6 is 0 Å². The maximum absolute atomic E-state index is 12.2. The van der Waals surface area contributed by atoms with E-state index in [1.807, 2.05) is 27.7 Å². The molecular formula is C17H23NO4. The highest BCUT2D eigenvalue weighted by Crippen LogP contribution is 2.38. The smallest absolute Gasteiger partial charge is 0.342 e. The van der Waals surface area contributed by atoms with Crippen LogP contribution in [0.3, 0.4) is 0 Å². The quantitative estimate of drug-likeness (QED) is 0.689. The van der Waals surface area contributed by atoms with Gasteiger partial charge in [0.05, 0.1) is 0 Å². The number of carbonyl (C=O) groups excluding carboxylic acids is 2. The average molecular weight is 305 g/mol. The fourth-order valence-electron chi connectivity index (χ4n) is 3.43. The lowest BCUT2D eigenvalue weighted by Crippen LogP contribution is -2.61. The molecule has 0 unspecified atom stereocenters. The van der Waals surface area contributed by atoms with E-state index >= 15 is 0 Å². The van der Waals surface area contributed by atoms with Crippen LogP contribution in [-0.4, -0.2) is 39.6 Å². The van der Waals surface area contributed by atoms with Crippen molar-refractivity contribution in [1.29, 1.82) is 0 Å². The summed E-state index contributed by atoms with van der Waals surface area (Å²) in [5, 5.41) is 9.74. The zero-order chi connectivity index (χ0) is 16.5. The number of hydrogen-bond donors (Lipinski definition) is 1. The van der Waals surface area contributed by atoms with Crippen LogP contribution in [0, 0.1) is 0 Å². The van der Waals surface area contributed by atoms with Gasteiger partial charge in [-0.3, -0.25) is 4.79 Å². The number of amides is 1. The number of piperidine rings is 1. The first-order chi connectivity index (χ1) is 10.2. The number of hydrogen-bond acceptors (Lipinski definition) is 4. The van der Waals surface area contributed by atoms with Gasteiger partial charge in [-0.05, 0) is 39.8 Å². The number of likely N-dealkylation sites (tertiary alicyclic amines) is 1. The fraction of sp³-hybridized carbons (Fsp3) is 0.529. The van der Waals surface area contributed by atoms with Crippen LogP contribution in [0.2, 0.25) is 0 Å². The summed E-state index contributed by atoms with van der Waals surface area (Å²) in [6, 6.07) is 6.33. The van der Waals surface area contributed by atoms with Crippen LogP contribution in [0.15, 0.2) is 24.3 Å². The summed E-state index contributed by atoms with van der Waals surface area (Å²) >= 11 is 0. The second-order valence-corrected chi connectivity index (χ2v) is 7.05. The Kier molecular flexibility index (Phi) is 4.18. The number of para-hydroxylation sites is 1. The highest BCUT2D eigenvalue weighted by atomic mass is 16.5. The Morgan fingerprint density at radius 3 is 2.27 bits per heavy atom. The molecule has 1 N–H and O–H groups in total. The number of phenolic OH excluding ortho intramolecular Hbond substituents is 1. The van der Waals surface area contributed by atoms with Gasteiger partial charge in [0.2, 0.25) is 6.41 Å². The average Bonchev–Trinajstić information content (AvgIpc) is 2.36. The molecule has 1 saturated heterocycles. The maximum Gasteiger partial charge on any atom is 0.342 e. The van der Waals surface area contributed by atoms with E-state index in [0.717, 1.165) is 6.41 Å². The van der Waals surface area contributed by atoms with Gasteiger partial charge in [-0.1, -0.05) is 12.1 Å². The third kappa shape index (κ3) is 3.08. The molecule has 22 heavy (non-hydrogen) atoms. The molecule has 1 aromatic rings. The molecule has 5 heteroatoms. The molecule has 2 rings (SSSR count). The lowest BCUT2D eigenvalue weighted by molar-refractivity contribution is -0.140. The van der Waals surface area contributed by atoms with E-state index in [0.29, 0.717) is 12.8 Å². The first-order valence-corrected chi connectivity index (χ1v) is 7.41. The summed E-state index contributed by atoms with van der Waals surface area (Å²) in [7, 11) is 0. The van der Waals surface area contributed by atoms with Crippen molar-refractivity contribution in [3.63, 3.8) is 0 Å². The van der Waals surface area contributed by atoms with Gasteiger partial charge >= 0.3 is 5.97 Å². The number of benzene rings is 1. The van der Waals surface area contributed by atoms with Crippen molar-refractivity contribution >= 4 is 12.4 Å². The third-order valence-electron chi connectivity index (χ3n) is 4.26. The normalized spacial score (nSPS) is 20.5. The topological polar surface area (TPSA) is 66.8 Å². The van der Waals surface area contributed by atoms with Crippen molar-refractivity contribution in [2.45, 2.75) is 57.7 Å². The zero-order valence-corrected chi connectivity index (χ0v) is 13.5. The number of aromatic hydroxyl groups is 1. The van der Waals surface area contributed by atoms with Crippen LogP contribution in [0.4, 0.5) is 0 Å². The number of nitrogens with zero attached hydrogens (tertiary/aromatic N) is 1. The van der Waals surface area contributed by atoms with Gasteiger partial charge in [0, 0.05) is 23.9 Å². The van der Waals surface area contributed by atoms with E-state index in [2.05, 4.69) is 0 Å². The molecule has 0 bridgehead atoms. The molecule has 0 saturated carbocycles. The lowest BCUT2D eigenvalue weighted by Gasteiger charge is -2.53. The molecule has 0 atom stereocenters. The van der Waals surface area contributed by atoms with Gasteiger partial charge in [-0.25, -0.2) is 4.79 Å². The van der Waals surface area contributed by atoms with Gasteiger partial charge < -0.3 is 14.7 Å². The van der Waals surface area contributed by atoms with E-state index in [9.17, 15) is 14.7 Å². The Labute approximate surface area is 130 Å². The Hall–Kier alpha value is -2.04. The summed E-state index contributed by atoms with van der Waals surface area (Å²) in [6.45, 7) is 7.85. The zero-order valence-electron chi connectivity index (χ0n) is 13.5. The summed E-state index contributed by atoms with van der Waals surface area (Å²) in [5.41, 5.74) is -0.628. The van der Waals surface area contributed by atoms with Crippen LogP contribution in [0.25, 0.3) is 0 Å². The number of ether oxygens (including phenoxy) is 1. The minimum absolute atomic E-state index is 0.0867. The van der Waals surface area contributed by atoms with Crippen LogP contribution in [0.1, 0.15) is 50.9 Å². The molecule has 0 radical (unpaired) electrons. The van der Waals surface area contributed by atoms with Gasteiger partial charge in [0.15, 0.2) is 0 Å². The summed E-state index contributed by atoms with van der Waals surface area (Å²) in [6.07, 6.45) is 1.69. The van der Waals surface area contributed by atoms with Crippen LogP contribution < -0.4 is 0 Å². The van der Waals surface area contributed by atoms with E-state index in [1.165, 1.54) is 12.1 Å². The highest BCUT2D eigenvalue weighted by Gasteiger charge is 2.46. The highest BCUT2D eigenvalue weighted by molar-refractivity contribution is 5.92. The molecule has 1 heterocycles. The maximum atomic E-state index is 12.2. The summed E-state index contributed by atoms with van der Waals surface area (Å²) in [5.74, 6) is -0.620. The van der Waals surface area contributed by atoms with Crippen LogP contribution in [0.5, 0.6) is 5.75 Å². The van der Waals surface area contributed by atoms with Crippen molar-refractivity contribution in [2.75, 3.05) is 0 Å². The van der Waals surface area contributed by atoms with E-state index < -0.39 is 17.0 Å². The molecule has 1 fully saturated rings. The molecule has 5 nitrogen and oxygen atoms in total. The molecule has 0 aliphatic carbocycles. The van der Waals surface area contributed by atoms with E-state index in [-0.39, 0.29) is 17.4 Å². The predicted octanol–water partition coefficient (Wildman–Crippen LogP) is 2.73. The minimum atomic E-state index is -0.533. The number of esters is 1. The second-order valence-electron chi connectivity index (χ2n) is 7.05. The second kappa shape index (κ2) is 5.63. The van der Waals surface area contributed by atoms with Crippen LogP contribution in [-0.2, 0) is 9.53 Å². The fourth-order valence-corrected chi connectivity index (χ4v) is 3.43. The minimum Gasteiger partial charge on any atom is -0.507 e. The van der Waals surface area contributed by atoms with Crippen molar-refractivity contribution in [1.82, 2.24) is 4.90 Å². The molecule has 120 valence electrons. The van der Waals surface area contributed by atoms with Gasteiger partial charge in [-0.15, -0.1) is 0 Å². The first-order valence-electron chi connectivity index (χ1n) is 7.41.